The fourth-order valence-corrected chi connectivity index (χ4v) is 4.14. The number of carbonyl (C=O) groups is 1. The van der Waals surface area contributed by atoms with Crippen LogP contribution in [0, 0.1) is 12.8 Å². The Labute approximate surface area is 167 Å². The number of nitrogens with zero attached hydrogens (tertiary/aromatic N) is 2. The fraction of sp³-hybridized carbons (Fsp3) is 0.381. The number of rotatable bonds is 7. The molecule has 3 aromatic rings. The minimum absolute atomic E-state index is 0.170. The zero-order chi connectivity index (χ0) is 19.3. The van der Waals surface area contributed by atoms with Crippen molar-refractivity contribution in [3.8, 4) is 11.3 Å². The van der Waals surface area contributed by atoms with Crippen LogP contribution in [-0.2, 0) is 11.3 Å². The summed E-state index contributed by atoms with van der Waals surface area (Å²) in [4.78, 5) is 17.6. The van der Waals surface area contributed by atoms with Crippen LogP contribution in [0.3, 0.4) is 0 Å². The smallest absolute Gasteiger partial charge is 0.183 e. The molecule has 4 rings (SSSR count). The first kappa shape index (κ1) is 18.8. The molecule has 0 spiro atoms. The number of thiazole rings is 1. The highest BCUT2D eigenvalue weighted by Gasteiger charge is 2.20. The van der Waals surface area contributed by atoms with E-state index in [1.54, 1.807) is 6.20 Å². The second kappa shape index (κ2) is 8.67. The highest BCUT2D eigenvalue weighted by Crippen LogP contribution is 2.28. The molecule has 1 aliphatic heterocycles. The maximum Gasteiger partial charge on any atom is 0.183 e. The summed E-state index contributed by atoms with van der Waals surface area (Å²) in [5, 5.41) is 8.24. The number of hydrogen-bond acceptors (Lipinski definition) is 7. The molecule has 1 saturated heterocycles. The van der Waals surface area contributed by atoms with E-state index in [1.807, 2.05) is 37.3 Å². The number of carbonyl (C=O) groups excluding carboxylic acids is 1. The number of nitrogens with one attached hydrogen (secondary N) is 1. The number of aryl methyl sites for hydroxylation is 1. The SMILES string of the molecule is Cc1onc(-c2ccccc2)c1CNc1ncc(C(=O)CC2CCOCC2)s1. The molecule has 1 fully saturated rings. The normalized spacial score (nSPS) is 14.9. The van der Waals surface area contributed by atoms with E-state index in [1.165, 1.54) is 11.3 Å². The number of benzene rings is 1. The largest absolute Gasteiger partial charge is 0.381 e. The van der Waals surface area contributed by atoms with Crippen molar-refractivity contribution in [2.24, 2.45) is 5.92 Å². The minimum Gasteiger partial charge on any atom is -0.381 e. The predicted molar refractivity (Wildman–Crippen MR) is 109 cm³/mol. The van der Waals surface area contributed by atoms with Gasteiger partial charge >= 0.3 is 0 Å². The molecule has 0 saturated carbocycles. The van der Waals surface area contributed by atoms with E-state index >= 15 is 0 Å². The maximum absolute atomic E-state index is 12.5. The molecule has 0 unspecified atom stereocenters. The third kappa shape index (κ3) is 4.31. The molecule has 6 nitrogen and oxygen atoms in total. The van der Waals surface area contributed by atoms with Gasteiger partial charge in [0.05, 0.1) is 11.1 Å². The van der Waals surface area contributed by atoms with Crippen molar-refractivity contribution in [2.45, 2.75) is 32.7 Å². The number of ketones is 1. The first-order valence-corrected chi connectivity index (χ1v) is 10.3. The Balaban J connectivity index is 1.40. The minimum atomic E-state index is 0.170. The average Bonchev–Trinajstić information content (AvgIpc) is 3.34. The van der Waals surface area contributed by atoms with Gasteiger partial charge in [-0.15, -0.1) is 0 Å². The van der Waals surface area contributed by atoms with Gasteiger partial charge in [0.25, 0.3) is 0 Å². The summed E-state index contributed by atoms with van der Waals surface area (Å²) in [6.07, 6.45) is 4.18. The van der Waals surface area contributed by atoms with Gasteiger partial charge in [-0.1, -0.05) is 46.8 Å². The molecule has 0 bridgehead atoms. The van der Waals surface area contributed by atoms with E-state index in [-0.39, 0.29) is 5.78 Å². The lowest BCUT2D eigenvalue weighted by atomic mass is 9.94. The van der Waals surface area contributed by atoms with E-state index in [9.17, 15) is 4.79 Å². The van der Waals surface area contributed by atoms with Gasteiger partial charge in [-0.2, -0.15) is 0 Å². The van der Waals surface area contributed by atoms with E-state index in [0.717, 1.165) is 53.8 Å². The fourth-order valence-electron chi connectivity index (χ4n) is 3.38. The van der Waals surface area contributed by atoms with E-state index in [4.69, 9.17) is 9.26 Å². The van der Waals surface area contributed by atoms with Crippen LogP contribution < -0.4 is 5.32 Å². The quantitative estimate of drug-likeness (QED) is 0.582. The van der Waals surface area contributed by atoms with Gasteiger partial charge in [-0.25, -0.2) is 4.98 Å². The van der Waals surface area contributed by atoms with Crippen LogP contribution in [0.1, 0.15) is 40.3 Å². The molecule has 3 heterocycles. The molecule has 1 aliphatic rings. The summed E-state index contributed by atoms with van der Waals surface area (Å²) in [5.74, 6) is 1.37. The van der Waals surface area contributed by atoms with Crippen LogP contribution in [0.2, 0.25) is 0 Å². The van der Waals surface area contributed by atoms with Crippen LogP contribution in [0.5, 0.6) is 0 Å². The number of ether oxygens (including phenoxy) is 1. The molecule has 0 aliphatic carbocycles. The van der Waals surface area contributed by atoms with E-state index in [0.29, 0.717) is 23.8 Å². The van der Waals surface area contributed by atoms with Crippen molar-refractivity contribution < 1.29 is 14.1 Å². The lowest BCUT2D eigenvalue weighted by molar-refractivity contribution is 0.0602. The molecule has 1 N–H and O–H groups in total. The molecular formula is C21H23N3O3S. The summed E-state index contributed by atoms with van der Waals surface area (Å²) < 4.78 is 10.8. The molecule has 0 atom stereocenters. The van der Waals surface area contributed by atoms with Crippen LogP contribution in [0.4, 0.5) is 5.13 Å². The molecule has 0 radical (unpaired) electrons. The number of anilines is 1. The Hall–Kier alpha value is -2.51. The summed E-state index contributed by atoms with van der Waals surface area (Å²) in [7, 11) is 0. The second-order valence-corrected chi connectivity index (χ2v) is 8.03. The molecule has 28 heavy (non-hydrogen) atoms. The van der Waals surface area contributed by atoms with Gasteiger partial charge in [0.1, 0.15) is 11.5 Å². The maximum atomic E-state index is 12.5. The molecular weight excluding hydrogens is 374 g/mol. The van der Waals surface area contributed by atoms with Crippen LogP contribution in [0.25, 0.3) is 11.3 Å². The Morgan fingerprint density at radius 3 is 2.82 bits per heavy atom. The summed E-state index contributed by atoms with van der Waals surface area (Å²) in [5.41, 5.74) is 2.84. The predicted octanol–water partition coefficient (Wildman–Crippen LogP) is 4.72. The Kier molecular flexibility index (Phi) is 5.83. The van der Waals surface area contributed by atoms with Gasteiger partial charge in [0.2, 0.25) is 0 Å². The highest BCUT2D eigenvalue weighted by atomic mass is 32.1. The number of Topliss-reactive ketones (excluding diaryl/α,β-unsaturated/α-hetero) is 1. The van der Waals surface area contributed by atoms with Crippen molar-refractivity contribution in [1.82, 2.24) is 10.1 Å². The molecule has 7 heteroatoms. The van der Waals surface area contributed by atoms with Gasteiger partial charge in [-0.3, -0.25) is 4.79 Å². The van der Waals surface area contributed by atoms with Gasteiger partial charge in [-0.05, 0) is 25.7 Å². The third-order valence-corrected chi connectivity index (χ3v) is 6.04. The molecule has 0 amide bonds. The van der Waals surface area contributed by atoms with Crippen LogP contribution in [-0.4, -0.2) is 29.1 Å². The van der Waals surface area contributed by atoms with Gasteiger partial charge in [0.15, 0.2) is 10.9 Å². The van der Waals surface area contributed by atoms with E-state index < -0.39 is 0 Å². The van der Waals surface area contributed by atoms with Crippen molar-refractivity contribution in [1.29, 1.82) is 0 Å². The number of hydrogen-bond donors (Lipinski definition) is 1. The zero-order valence-electron chi connectivity index (χ0n) is 15.8. The topological polar surface area (TPSA) is 77.3 Å². The average molecular weight is 398 g/mol. The van der Waals surface area contributed by atoms with Crippen molar-refractivity contribution in [3.05, 3.63) is 52.7 Å². The Morgan fingerprint density at radius 1 is 1.25 bits per heavy atom. The second-order valence-electron chi connectivity index (χ2n) is 7.00. The van der Waals surface area contributed by atoms with Crippen LogP contribution >= 0.6 is 11.3 Å². The van der Waals surface area contributed by atoms with Gasteiger partial charge in [0, 0.05) is 37.3 Å². The monoisotopic (exact) mass is 397 g/mol. The number of aromatic nitrogens is 2. The van der Waals surface area contributed by atoms with Crippen molar-refractivity contribution in [2.75, 3.05) is 18.5 Å². The van der Waals surface area contributed by atoms with E-state index in [2.05, 4.69) is 15.5 Å². The zero-order valence-corrected chi connectivity index (χ0v) is 16.6. The lowest BCUT2D eigenvalue weighted by Gasteiger charge is -2.20. The highest BCUT2D eigenvalue weighted by molar-refractivity contribution is 7.17. The summed E-state index contributed by atoms with van der Waals surface area (Å²) in [6.45, 7) is 3.96. The Morgan fingerprint density at radius 2 is 2.04 bits per heavy atom. The molecule has 2 aromatic heterocycles. The Bertz CT molecular complexity index is 930. The van der Waals surface area contributed by atoms with Crippen molar-refractivity contribution >= 4 is 22.3 Å². The third-order valence-electron chi connectivity index (χ3n) is 5.04. The first-order chi connectivity index (χ1) is 13.7. The first-order valence-electron chi connectivity index (χ1n) is 9.52. The molecule has 1 aromatic carbocycles. The van der Waals surface area contributed by atoms with Crippen molar-refractivity contribution in [3.63, 3.8) is 0 Å². The standard InChI is InChI=1S/C21H23N3O3S/c1-14-17(20(24-27-14)16-5-3-2-4-6-16)12-22-21-23-13-19(28-21)18(25)11-15-7-9-26-10-8-15/h2-6,13,15H,7-12H2,1H3,(H,22,23). The summed E-state index contributed by atoms with van der Waals surface area (Å²) >= 11 is 1.40. The van der Waals surface area contributed by atoms with Crippen LogP contribution in [0.15, 0.2) is 41.1 Å². The van der Waals surface area contributed by atoms with Gasteiger partial charge < -0.3 is 14.6 Å². The lowest BCUT2D eigenvalue weighted by Crippen LogP contribution is -2.18. The molecule has 146 valence electrons. The summed E-state index contributed by atoms with van der Waals surface area (Å²) in [6, 6.07) is 9.96.